The van der Waals surface area contributed by atoms with Crippen molar-refractivity contribution in [3.05, 3.63) is 23.8 Å². The number of oxazole rings is 1. The minimum atomic E-state index is -1.05. The maximum atomic E-state index is 10.7. The number of carboxylic acid groups (broad SMARTS) is 1. The van der Waals surface area contributed by atoms with Crippen LogP contribution < -0.4 is 5.73 Å². The van der Waals surface area contributed by atoms with Crippen LogP contribution in [0.4, 0.5) is 6.01 Å². The Balaban J connectivity index is 2.82. The largest absolute Gasteiger partial charge is 0.478 e. The molecule has 0 saturated heterocycles. The third kappa shape index (κ3) is 1.10. The second kappa shape index (κ2) is 2.48. The first kappa shape index (κ1) is 7.60. The van der Waals surface area contributed by atoms with Crippen molar-refractivity contribution in [3.8, 4) is 0 Å². The number of nitrogen functional groups attached to an aromatic ring is 1. The number of nitrogens with zero attached hydrogens (tertiary/aromatic N) is 1. The molecular formula is C8H6N2O3. The highest BCUT2D eigenvalue weighted by Crippen LogP contribution is 2.20. The molecule has 1 aromatic heterocycles. The van der Waals surface area contributed by atoms with Crippen LogP contribution in [0.25, 0.3) is 11.1 Å². The van der Waals surface area contributed by atoms with Gasteiger partial charge in [0.1, 0.15) is 11.1 Å². The van der Waals surface area contributed by atoms with Gasteiger partial charge in [0.2, 0.25) is 0 Å². The molecule has 0 spiro atoms. The number of benzene rings is 1. The molecule has 5 nitrogen and oxygen atoms in total. The number of para-hydroxylation sites is 1. The molecule has 0 unspecified atom stereocenters. The topological polar surface area (TPSA) is 89.3 Å². The van der Waals surface area contributed by atoms with E-state index in [1.165, 1.54) is 6.07 Å². The van der Waals surface area contributed by atoms with Crippen molar-refractivity contribution >= 4 is 23.1 Å². The van der Waals surface area contributed by atoms with Gasteiger partial charge in [-0.1, -0.05) is 6.07 Å². The number of fused-ring (bicyclic) bond motifs is 1. The molecule has 0 fully saturated rings. The van der Waals surface area contributed by atoms with E-state index in [0.717, 1.165) is 0 Å². The van der Waals surface area contributed by atoms with E-state index in [1.807, 2.05) is 0 Å². The minimum Gasteiger partial charge on any atom is -0.478 e. The lowest BCUT2D eigenvalue weighted by Gasteiger charge is -1.92. The average Bonchev–Trinajstić information content (AvgIpc) is 2.43. The number of rotatable bonds is 1. The first-order valence-electron chi connectivity index (χ1n) is 3.57. The zero-order valence-corrected chi connectivity index (χ0v) is 6.52. The number of anilines is 1. The molecule has 2 rings (SSSR count). The van der Waals surface area contributed by atoms with Crippen molar-refractivity contribution in [3.63, 3.8) is 0 Å². The van der Waals surface area contributed by atoms with Gasteiger partial charge in [-0.15, -0.1) is 0 Å². The normalized spacial score (nSPS) is 10.5. The van der Waals surface area contributed by atoms with E-state index in [2.05, 4.69) is 4.98 Å². The Morgan fingerprint density at radius 1 is 1.54 bits per heavy atom. The Bertz CT molecular complexity index is 475. The number of nitrogens with two attached hydrogens (primary N) is 1. The third-order valence-electron chi connectivity index (χ3n) is 1.66. The Morgan fingerprint density at radius 2 is 2.31 bits per heavy atom. The lowest BCUT2D eigenvalue weighted by atomic mass is 10.2. The Labute approximate surface area is 72.8 Å². The molecule has 1 aromatic carbocycles. The molecule has 0 saturated carbocycles. The standard InChI is InChI=1S/C8H6N2O3/c9-8-10-5-3-1-2-4(7(11)12)6(5)13-8/h1-3H,(H2,9,10)(H,11,12). The summed E-state index contributed by atoms with van der Waals surface area (Å²) in [6.45, 7) is 0. The number of hydrogen-bond donors (Lipinski definition) is 2. The first-order chi connectivity index (χ1) is 6.18. The molecule has 0 aliphatic rings. The number of aromatic carboxylic acids is 1. The summed E-state index contributed by atoms with van der Waals surface area (Å²) in [6.07, 6.45) is 0. The van der Waals surface area contributed by atoms with Gasteiger partial charge in [-0.05, 0) is 12.1 Å². The minimum absolute atomic E-state index is 0.0244. The van der Waals surface area contributed by atoms with E-state index in [9.17, 15) is 4.79 Å². The zero-order valence-electron chi connectivity index (χ0n) is 6.52. The van der Waals surface area contributed by atoms with Gasteiger partial charge in [-0.25, -0.2) is 4.79 Å². The van der Waals surface area contributed by atoms with Gasteiger partial charge in [0, 0.05) is 0 Å². The number of hydrogen-bond acceptors (Lipinski definition) is 4. The molecule has 0 atom stereocenters. The molecular weight excluding hydrogens is 172 g/mol. The van der Waals surface area contributed by atoms with Crippen LogP contribution in [0.3, 0.4) is 0 Å². The Kier molecular flexibility index (Phi) is 1.45. The molecule has 2 aromatic rings. The van der Waals surface area contributed by atoms with Crippen molar-refractivity contribution < 1.29 is 14.3 Å². The molecule has 0 radical (unpaired) electrons. The summed E-state index contributed by atoms with van der Waals surface area (Å²) in [5, 5.41) is 8.76. The van der Waals surface area contributed by atoms with E-state index in [4.69, 9.17) is 15.3 Å². The fourth-order valence-corrected chi connectivity index (χ4v) is 1.13. The molecule has 0 bridgehead atoms. The zero-order chi connectivity index (χ0) is 9.42. The van der Waals surface area contributed by atoms with Crippen LogP contribution in [0, 0.1) is 0 Å². The number of carbonyl (C=O) groups is 1. The summed E-state index contributed by atoms with van der Waals surface area (Å²) in [4.78, 5) is 14.5. The molecule has 0 aliphatic carbocycles. The second-order valence-electron chi connectivity index (χ2n) is 2.51. The van der Waals surface area contributed by atoms with Crippen LogP contribution in [0.1, 0.15) is 10.4 Å². The highest BCUT2D eigenvalue weighted by atomic mass is 16.4. The fourth-order valence-electron chi connectivity index (χ4n) is 1.13. The van der Waals surface area contributed by atoms with Crippen LogP contribution in [0.2, 0.25) is 0 Å². The maximum Gasteiger partial charge on any atom is 0.339 e. The molecule has 3 N–H and O–H groups in total. The summed E-state index contributed by atoms with van der Waals surface area (Å²) >= 11 is 0. The molecule has 1 heterocycles. The van der Waals surface area contributed by atoms with Crippen molar-refractivity contribution in [2.24, 2.45) is 0 Å². The SMILES string of the molecule is Nc1nc2cccc(C(=O)O)c2o1. The number of carboxylic acids is 1. The molecule has 0 aliphatic heterocycles. The second-order valence-corrected chi connectivity index (χ2v) is 2.51. The quantitative estimate of drug-likeness (QED) is 0.682. The van der Waals surface area contributed by atoms with Crippen LogP contribution in [-0.4, -0.2) is 16.1 Å². The Hall–Kier alpha value is -2.04. The lowest BCUT2D eigenvalue weighted by Crippen LogP contribution is -1.95. The van der Waals surface area contributed by atoms with E-state index >= 15 is 0 Å². The third-order valence-corrected chi connectivity index (χ3v) is 1.66. The summed E-state index contributed by atoms with van der Waals surface area (Å²) < 4.78 is 4.95. The monoisotopic (exact) mass is 178 g/mol. The van der Waals surface area contributed by atoms with Crippen molar-refractivity contribution in [2.75, 3.05) is 5.73 Å². The van der Waals surface area contributed by atoms with E-state index in [1.54, 1.807) is 12.1 Å². The van der Waals surface area contributed by atoms with E-state index < -0.39 is 5.97 Å². The summed E-state index contributed by atoms with van der Waals surface area (Å²) in [5.74, 6) is -1.05. The fraction of sp³-hybridized carbons (Fsp3) is 0. The average molecular weight is 178 g/mol. The van der Waals surface area contributed by atoms with Gasteiger partial charge >= 0.3 is 5.97 Å². The maximum absolute atomic E-state index is 10.7. The van der Waals surface area contributed by atoms with Gasteiger partial charge in [0.05, 0.1) is 0 Å². The number of aromatic nitrogens is 1. The first-order valence-corrected chi connectivity index (χ1v) is 3.57. The smallest absolute Gasteiger partial charge is 0.339 e. The summed E-state index contributed by atoms with van der Waals surface area (Å²) in [6, 6.07) is 4.65. The van der Waals surface area contributed by atoms with Gasteiger partial charge < -0.3 is 15.3 Å². The highest BCUT2D eigenvalue weighted by Gasteiger charge is 2.12. The van der Waals surface area contributed by atoms with Crippen molar-refractivity contribution in [2.45, 2.75) is 0 Å². The van der Waals surface area contributed by atoms with E-state index in [0.29, 0.717) is 5.52 Å². The highest BCUT2D eigenvalue weighted by molar-refractivity contribution is 6.00. The van der Waals surface area contributed by atoms with Crippen LogP contribution in [0.5, 0.6) is 0 Å². The van der Waals surface area contributed by atoms with Crippen molar-refractivity contribution in [1.82, 2.24) is 4.98 Å². The van der Waals surface area contributed by atoms with Crippen LogP contribution >= 0.6 is 0 Å². The predicted octanol–water partition coefficient (Wildman–Crippen LogP) is 1.11. The predicted molar refractivity (Wildman–Crippen MR) is 45.4 cm³/mol. The van der Waals surface area contributed by atoms with E-state index in [-0.39, 0.29) is 17.2 Å². The van der Waals surface area contributed by atoms with Crippen molar-refractivity contribution in [1.29, 1.82) is 0 Å². The molecule has 0 amide bonds. The lowest BCUT2D eigenvalue weighted by molar-refractivity contribution is 0.0698. The molecule has 13 heavy (non-hydrogen) atoms. The van der Waals surface area contributed by atoms with Gasteiger partial charge in [-0.2, -0.15) is 4.98 Å². The van der Waals surface area contributed by atoms with Gasteiger partial charge in [0.25, 0.3) is 6.01 Å². The molecule has 66 valence electrons. The molecule has 5 heteroatoms. The van der Waals surface area contributed by atoms with Crippen LogP contribution in [-0.2, 0) is 0 Å². The van der Waals surface area contributed by atoms with Gasteiger partial charge in [0.15, 0.2) is 5.58 Å². The van der Waals surface area contributed by atoms with Crippen LogP contribution in [0.15, 0.2) is 22.6 Å². The summed E-state index contributed by atoms with van der Waals surface area (Å²) in [5.41, 5.74) is 6.03. The summed E-state index contributed by atoms with van der Waals surface area (Å²) in [7, 11) is 0. The van der Waals surface area contributed by atoms with Gasteiger partial charge in [-0.3, -0.25) is 0 Å². The Morgan fingerprint density at radius 3 is 3.00 bits per heavy atom.